The number of rotatable bonds is 7. The number of ether oxygens (including phenoxy) is 2. The van der Waals surface area contributed by atoms with E-state index in [1.54, 1.807) is 13.0 Å². The zero-order valence-corrected chi connectivity index (χ0v) is 19.5. The smallest absolute Gasteiger partial charge is 0.348 e. The first-order valence-corrected chi connectivity index (χ1v) is 11.4. The van der Waals surface area contributed by atoms with Crippen LogP contribution in [-0.4, -0.2) is 47.5 Å². The summed E-state index contributed by atoms with van der Waals surface area (Å²) in [6.45, 7) is 4.03. The number of aryl methyl sites for hydroxylation is 1. The number of thiophene rings is 1. The van der Waals surface area contributed by atoms with E-state index in [9.17, 15) is 14.4 Å². The molecule has 33 heavy (non-hydrogen) atoms. The molecule has 172 valence electrons. The van der Waals surface area contributed by atoms with E-state index in [1.807, 2.05) is 35.9 Å². The van der Waals surface area contributed by atoms with Gasteiger partial charge in [0.25, 0.3) is 0 Å². The van der Waals surface area contributed by atoms with Crippen molar-refractivity contribution in [3.8, 4) is 0 Å². The Bertz CT molecular complexity index is 1260. The predicted octanol–water partition coefficient (Wildman–Crippen LogP) is 3.39. The molecule has 0 radical (unpaired) electrons. The zero-order valence-electron chi connectivity index (χ0n) is 17.9. The molecule has 2 N–H and O–H groups in total. The zero-order chi connectivity index (χ0) is 23.5. The third-order valence-electron chi connectivity index (χ3n) is 4.98. The summed E-state index contributed by atoms with van der Waals surface area (Å²) >= 11 is 7.23. The van der Waals surface area contributed by atoms with Crippen molar-refractivity contribution in [2.45, 2.75) is 20.4 Å². The van der Waals surface area contributed by atoms with Gasteiger partial charge in [-0.2, -0.15) is 5.10 Å². The van der Waals surface area contributed by atoms with Gasteiger partial charge in [0.15, 0.2) is 0 Å². The minimum Gasteiger partial charge on any atom is -0.463 e. The number of aromatic nitrogens is 2. The second-order valence-corrected chi connectivity index (χ2v) is 8.73. The van der Waals surface area contributed by atoms with Crippen LogP contribution in [0.25, 0.3) is 10.2 Å². The average Bonchev–Trinajstić information content (AvgIpc) is 3.35. The van der Waals surface area contributed by atoms with Crippen LogP contribution in [-0.2, 0) is 20.8 Å². The molecule has 9 nitrogen and oxygen atoms in total. The fourth-order valence-electron chi connectivity index (χ4n) is 3.36. The molecule has 2 amide bonds. The largest absolute Gasteiger partial charge is 0.463 e. The highest BCUT2D eigenvalue weighted by atomic mass is 35.5. The summed E-state index contributed by atoms with van der Waals surface area (Å²) in [5.74, 6) is -1.13. The minimum atomic E-state index is -0.573. The molecule has 0 aliphatic carbocycles. The lowest BCUT2D eigenvalue weighted by Gasteiger charge is -2.20. The van der Waals surface area contributed by atoms with Crippen LogP contribution in [0.5, 0.6) is 0 Å². The summed E-state index contributed by atoms with van der Waals surface area (Å²) in [6.07, 6.45) is 0. The highest BCUT2D eigenvalue weighted by Crippen LogP contribution is 2.29. The van der Waals surface area contributed by atoms with E-state index in [0.29, 0.717) is 16.4 Å². The molecule has 2 aromatic heterocycles. The van der Waals surface area contributed by atoms with Gasteiger partial charge in [0, 0.05) is 10.4 Å². The second-order valence-electron chi connectivity index (χ2n) is 7.26. The highest BCUT2D eigenvalue weighted by Gasteiger charge is 2.25. The summed E-state index contributed by atoms with van der Waals surface area (Å²) in [6, 6.07) is 8.76. The first-order chi connectivity index (χ1) is 15.9. The van der Waals surface area contributed by atoms with Crippen molar-refractivity contribution >= 4 is 51.1 Å². The lowest BCUT2D eigenvalue weighted by molar-refractivity contribution is -0.138. The van der Waals surface area contributed by atoms with Crippen molar-refractivity contribution in [1.29, 1.82) is 0 Å². The van der Waals surface area contributed by atoms with E-state index in [4.69, 9.17) is 21.1 Å². The van der Waals surface area contributed by atoms with Gasteiger partial charge in [-0.05, 0) is 37.6 Å². The molecule has 3 aromatic rings. The first kappa shape index (κ1) is 22.8. The van der Waals surface area contributed by atoms with E-state index >= 15 is 0 Å². The molecule has 0 saturated heterocycles. The van der Waals surface area contributed by atoms with Crippen molar-refractivity contribution in [2.24, 2.45) is 0 Å². The van der Waals surface area contributed by atoms with E-state index in [-0.39, 0.29) is 31.0 Å². The Morgan fingerprint density at radius 3 is 2.70 bits per heavy atom. The normalized spacial score (nSPS) is 13.6. The Labute approximate surface area is 198 Å². The molecule has 0 spiro atoms. The SMILES string of the molecule is CCOC(=O)C1=C(COC(=O)c2cc3c(C)nn(Cc4ccc(Cl)cc4)c3s2)NC(=O)NC1. The van der Waals surface area contributed by atoms with Crippen molar-refractivity contribution < 1.29 is 23.9 Å². The summed E-state index contributed by atoms with van der Waals surface area (Å²) in [5.41, 5.74) is 2.25. The number of carbonyl (C=O) groups is 3. The van der Waals surface area contributed by atoms with Crippen LogP contribution >= 0.6 is 22.9 Å². The average molecular weight is 489 g/mol. The van der Waals surface area contributed by atoms with Crippen molar-refractivity contribution in [1.82, 2.24) is 20.4 Å². The van der Waals surface area contributed by atoms with Gasteiger partial charge in [0.1, 0.15) is 16.3 Å². The Morgan fingerprint density at radius 1 is 1.21 bits per heavy atom. The van der Waals surface area contributed by atoms with E-state index in [0.717, 1.165) is 21.5 Å². The minimum absolute atomic E-state index is 0.000164. The maximum atomic E-state index is 12.7. The van der Waals surface area contributed by atoms with Crippen molar-refractivity contribution in [2.75, 3.05) is 19.8 Å². The van der Waals surface area contributed by atoms with Gasteiger partial charge in [0.2, 0.25) is 0 Å². The molecule has 11 heteroatoms. The Morgan fingerprint density at radius 2 is 1.97 bits per heavy atom. The summed E-state index contributed by atoms with van der Waals surface area (Å²) in [5, 5.41) is 11.1. The molecule has 1 aliphatic rings. The fourth-order valence-corrected chi connectivity index (χ4v) is 4.54. The number of halogens is 1. The van der Waals surface area contributed by atoms with Crippen molar-refractivity contribution in [3.05, 3.63) is 62.8 Å². The Balaban J connectivity index is 1.51. The van der Waals surface area contributed by atoms with Crippen LogP contribution in [0.4, 0.5) is 4.79 Å². The molecule has 0 bridgehead atoms. The maximum Gasteiger partial charge on any atom is 0.348 e. The third-order valence-corrected chi connectivity index (χ3v) is 6.36. The molecule has 0 saturated carbocycles. The van der Waals surface area contributed by atoms with Crippen LogP contribution in [0.15, 0.2) is 41.6 Å². The molecule has 1 aliphatic heterocycles. The quantitative estimate of drug-likeness (QED) is 0.493. The molecule has 0 unspecified atom stereocenters. The van der Waals surface area contributed by atoms with Crippen LogP contribution in [0.2, 0.25) is 5.02 Å². The summed E-state index contributed by atoms with van der Waals surface area (Å²) in [4.78, 5) is 37.8. The number of amides is 2. The van der Waals surface area contributed by atoms with E-state index in [1.165, 1.54) is 11.3 Å². The third kappa shape index (κ3) is 5.01. The van der Waals surface area contributed by atoms with E-state index < -0.39 is 18.0 Å². The molecule has 0 fully saturated rings. The number of carbonyl (C=O) groups excluding carboxylic acids is 3. The maximum absolute atomic E-state index is 12.7. The van der Waals surface area contributed by atoms with Crippen LogP contribution in [0.3, 0.4) is 0 Å². The van der Waals surface area contributed by atoms with Gasteiger partial charge in [-0.3, -0.25) is 4.68 Å². The van der Waals surface area contributed by atoms with Gasteiger partial charge >= 0.3 is 18.0 Å². The van der Waals surface area contributed by atoms with Gasteiger partial charge in [-0.15, -0.1) is 11.3 Å². The summed E-state index contributed by atoms with van der Waals surface area (Å²) < 4.78 is 12.2. The lowest BCUT2D eigenvalue weighted by Crippen LogP contribution is -2.45. The first-order valence-electron chi connectivity index (χ1n) is 10.2. The van der Waals surface area contributed by atoms with Gasteiger partial charge in [0.05, 0.1) is 36.7 Å². The van der Waals surface area contributed by atoms with Crippen LogP contribution in [0, 0.1) is 6.92 Å². The predicted molar refractivity (Wildman–Crippen MR) is 123 cm³/mol. The number of hydrogen-bond acceptors (Lipinski definition) is 7. The number of benzene rings is 1. The molecule has 1 aromatic carbocycles. The number of urea groups is 1. The highest BCUT2D eigenvalue weighted by molar-refractivity contribution is 7.20. The molecule has 4 rings (SSSR count). The molecule has 0 atom stereocenters. The van der Waals surface area contributed by atoms with Crippen molar-refractivity contribution in [3.63, 3.8) is 0 Å². The number of hydrogen-bond donors (Lipinski definition) is 2. The fraction of sp³-hybridized carbons (Fsp3) is 0.273. The molecular formula is C22H21ClN4O5S. The Kier molecular flexibility index (Phi) is 6.66. The number of esters is 2. The van der Waals surface area contributed by atoms with E-state index in [2.05, 4.69) is 15.7 Å². The van der Waals surface area contributed by atoms with Gasteiger partial charge in [-0.1, -0.05) is 23.7 Å². The number of nitrogens with one attached hydrogen (secondary N) is 2. The monoisotopic (exact) mass is 488 g/mol. The lowest BCUT2D eigenvalue weighted by atomic mass is 10.2. The second kappa shape index (κ2) is 9.63. The topological polar surface area (TPSA) is 112 Å². The Hall–Kier alpha value is -3.37. The van der Waals surface area contributed by atoms with Crippen LogP contribution < -0.4 is 10.6 Å². The van der Waals surface area contributed by atoms with Gasteiger partial charge in [-0.25, -0.2) is 14.4 Å². The van der Waals surface area contributed by atoms with Gasteiger partial charge < -0.3 is 20.1 Å². The number of fused-ring (bicyclic) bond motifs is 1. The molecular weight excluding hydrogens is 468 g/mol. The molecule has 3 heterocycles. The number of nitrogens with zero attached hydrogens (tertiary/aromatic N) is 2. The summed E-state index contributed by atoms with van der Waals surface area (Å²) in [7, 11) is 0. The standard InChI is InChI=1S/C22H21ClN4O5S/c1-3-31-20(28)16-9-24-22(30)25-17(16)11-32-21(29)18-8-15-12(2)26-27(19(15)33-18)10-13-4-6-14(23)7-5-13/h4-8H,3,9-11H2,1-2H3,(H2,24,25,30). The van der Waals surface area contributed by atoms with Crippen LogP contribution in [0.1, 0.15) is 27.9 Å².